The molecule has 2 atom stereocenters. The lowest BCUT2D eigenvalue weighted by molar-refractivity contribution is -0.152. The lowest BCUT2D eigenvalue weighted by Crippen LogP contribution is -2.39. The number of carboxylic acids is 1. The molecule has 0 bridgehead atoms. The standard InChI is InChI=1S/C9H11NO5/c1-5(11)15-8-6(14-2)3-4-10-7(8)9(12)13/h3-4,7-8H,1-2H3,(H,12,13). The molecular formula is C9H11NO5. The zero-order valence-corrected chi connectivity index (χ0v) is 8.34. The summed E-state index contributed by atoms with van der Waals surface area (Å²) in [7, 11) is 1.38. The van der Waals surface area contributed by atoms with Gasteiger partial charge in [0.1, 0.15) is 5.76 Å². The monoisotopic (exact) mass is 213 g/mol. The SMILES string of the molecule is COC1=CC=NC(C(=O)O)C1OC(C)=O. The van der Waals surface area contributed by atoms with Gasteiger partial charge < -0.3 is 14.6 Å². The average molecular weight is 213 g/mol. The Labute approximate surface area is 86.2 Å². The smallest absolute Gasteiger partial charge is 0.332 e. The topological polar surface area (TPSA) is 85.2 Å². The van der Waals surface area contributed by atoms with Crippen LogP contribution in [0.15, 0.2) is 16.8 Å². The van der Waals surface area contributed by atoms with Gasteiger partial charge >= 0.3 is 11.9 Å². The summed E-state index contributed by atoms with van der Waals surface area (Å²) in [5.74, 6) is -1.47. The van der Waals surface area contributed by atoms with E-state index in [1.807, 2.05) is 0 Å². The minimum Gasteiger partial charge on any atom is -0.497 e. The van der Waals surface area contributed by atoms with Crippen LogP contribution in [0.5, 0.6) is 0 Å². The molecule has 2 unspecified atom stereocenters. The molecule has 0 radical (unpaired) electrons. The second-order valence-electron chi connectivity index (χ2n) is 2.88. The lowest BCUT2D eigenvalue weighted by Gasteiger charge is -2.24. The van der Waals surface area contributed by atoms with Gasteiger partial charge in [0.25, 0.3) is 0 Å². The molecule has 0 fully saturated rings. The van der Waals surface area contributed by atoms with Crippen LogP contribution in [0.25, 0.3) is 0 Å². The van der Waals surface area contributed by atoms with Crippen molar-refractivity contribution in [1.29, 1.82) is 0 Å². The Kier molecular flexibility index (Phi) is 3.43. The summed E-state index contributed by atoms with van der Waals surface area (Å²) in [5, 5.41) is 8.85. The van der Waals surface area contributed by atoms with E-state index in [1.165, 1.54) is 26.3 Å². The number of carboxylic acid groups (broad SMARTS) is 1. The maximum atomic E-state index is 10.8. The van der Waals surface area contributed by atoms with E-state index >= 15 is 0 Å². The summed E-state index contributed by atoms with van der Waals surface area (Å²) < 4.78 is 9.76. The van der Waals surface area contributed by atoms with E-state index in [9.17, 15) is 9.59 Å². The van der Waals surface area contributed by atoms with E-state index in [1.54, 1.807) is 0 Å². The van der Waals surface area contributed by atoms with Gasteiger partial charge in [0.05, 0.1) is 7.11 Å². The van der Waals surface area contributed by atoms with Crippen LogP contribution in [-0.4, -0.2) is 42.5 Å². The van der Waals surface area contributed by atoms with E-state index in [2.05, 4.69) is 4.99 Å². The van der Waals surface area contributed by atoms with Crippen LogP contribution in [0.4, 0.5) is 0 Å². The summed E-state index contributed by atoms with van der Waals surface area (Å²) in [5.41, 5.74) is 0. The van der Waals surface area contributed by atoms with Gasteiger partial charge in [-0.05, 0) is 6.08 Å². The number of esters is 1. The van der Waals surface area contributed by atoms with Crippen molar-refractivity contribution in [2.24, 2.45) is 4.99 Å². The van der Waals surface area contributed by atoms with Gasteiger partial charge in [0.2, 0.25) is 0 Å². The molecule has 0 spiro atoms. The van der Waals surface area contributed by atoms with E-state index < -0.39 is 24.1 Å². The molecule has 1 aliphatic heterocycles. The second kappa shape index (κ2) is 4.59. The Morgan fingerprint density at radius 3 is 2.67 bits per heavy atom. The molecule has 82 valence electrons. The molecule has 0 aliphatic carbocycles. The molecule has 0 saturated heterocycles. The predicted molar refractivity (Wildman–Crippen MR) is 50.6 cm³/mol. The first-order chi connectivity index (χ1) is 7.06. The molecule has 0 saturated carbocycles. The number of aliphatic imine (C=N–C) groups is 1. The van der Waals surface area contributed by atoms with E-state index in [4.69, 9.17) is 14.6 Å². The molecule has 0 aromatic heterocycles. The number of hydrogen-bond donors (Lipinski definition) is 1. The molecular weight excluding hydrogens is 202 g/mol. The van der Waals surface area contributed by atoms with Gasteiger partial charge in [-0.25, -0.2) is 4.79 Å². The van der Waals surface area contributed by atoms with Crippen molar-refractivity contribution >= 4 is 18.2 Å². The first-order valence-corrected chi connectivity index (χ1v) is 4.23. The predicted octanol–water partition coefficient (Wildman–Crippen LogP) is -0.0140. The number of aliphatic carboxylic acids is 1. The maximum Gasteiger partial charge on any atom is 0.332 e. The fourth-order valence-corrected chi connectivity index (χ4v) is 1.22. The Hall–Kier alpha value is -1.85. The highest BCUT2D eigenvalue weighted by molar-refractivity contribution is 5.83. The molecule has 1 N–H and O–H groups in total. The highest BCUT2D eigenvalue weighted by Crippen LogP contribution is 2.18. The summed E-state index contributed by atoms with van der Waals surface area (Å²) in [6.45, 7) is 1.20. The number of dihydropyridines is 1. The summed E-state index contributed by atoms with van der Waals surface area (Å²) in [4.78, 5) is 25.3. The van der Waals surface area contributed by atoms with Crippen molar-refractivity contribution in [2.75, 3.05) is 7.11 Å². The highest BCUT2D eigenvalue weighted by atomic mass is 16.6. The quantitative estimate of drug-likeness (QED) is 0.666. The van der Waals surface area contributed by atoms with E-state index in [0.29, 0.717) is 0 Å². The molecule has 0 aromatic rings. The molecule has 1 rings (SSSR count). The van der Waals surface area contributed by atoms with Crippen molar-refractivity contribution in [3.63, 3.8) is 0 Å². The zero-order chi connectivity index (χ0) is 11.4. The normalized spacial score (nSPS) is 24.3. The third kappa shape index (κ3) is 2.55. The van der Waals surface area contributed by atoms with Crippen LogP contribution < -0.4 is 0 Å². The fourth-order valence-electron chi connectivity index (χ4n) is 1.22. The van der Waals surface area contributed by atoms with E-state index in [0.717, 1.165) is 0 Å². The third-order valence-electron chi connectivity index (χ3n) is 1.83. The molecule has 1 aliphatic rings. The number of carbonyl (C=O) groups excluding carboxylic acids is 1. The van der Waals surface area contributed by atoms with E-state index in [-0.39, 0.29) is 5.76 Å². The molecule has 1 heterocycles. The maximum absolute atomic E-state index is 10.8. The van der Waals surface area contributed by atoms with Crippen LogP contribution in [0.1, 0.15) is 6.92 Å². The number of hydrogen-bond acceptors (Lipinski definition) is 5. The number of rotatable bonds is 3. The van der Waals surface area contributed by atoms with Gasteiger partial charge in [-0.2, -0.15) is 0 Å². The first kappa shape index (κ1) is 11.2. The van der Waals surface area contributed by atoms with Crippen LogP contribution in [0.2, 0.25) is 0 Å². The number of allylic oxidation sites excluding steroid dienone is 1. The second-order valence-corrected chi connectivity index (χ2v) is 2.88. The van der Waals surface area contributed by atoms with Crippen molar-refractivity contribution < 1.29 is 24.2 Å². The van der Waals surface area contributed by atoms with Crippen LogP contribution in [-0.2, 0) is 19.1 Å². The number of methoxy groups -OCH3 is 1. The summed E-state index contributed by atoms with van der Waals surface area (Å²) in [6.07, 6.45) is 1.79. The first-order valence-electron chi connectivity index (χ1n) is 4.23. The van der Waals surface area contributed by atoms with Gasteiger partial charge in [0.15, 0.2) is 12.1 Å². The fraction of sp³-hybridized carbons (Fsp3) is 0.444. The van der Waals surface area contributed by atoms with Crippen molar-refractivity contribution in [3.8, 4) is 0 Å². The summed E-state index contributed by atoms with van der Waals surface area (Å²) >= 11 is 0. The van der Waals surface area contributed by atoms with Crippen molar-refractivity contribution in [1.82, 2.24) is 0 Å². The Morgan fingerprint density at radius 1 is 1.53 bits per heavy atom. The van der Waals surface area contributed by atoms with Gasteiger partial charge in [-0.1, -0.05) is 0 Å². The third-order valence-corrected chi connectivity index (χ3v) is 1.83. The van der Waals surface area contributed by atoms with Crippen LogP contribution >= 0.6 is 0 Å². The number of nitrogens with zero attached hydrogens (tertiary/aromatic N) is 1. The zero-order valence-electron chi connectivity index (χ0n) is 8.34. The van der Waals surface area contributed by atoms with Crippen molar-refractivity contribution in [3.05, 3.63) is 11.8 Å². The Balaban J connectivity index is 2.90. The largest absolute Gasteiger partial charge is 0.497 e. The average Bonchev–Trinajstić information content (AvgIpc) is 2.16. The highest BCUT2D eigenvalue weighted by Gasteiger charge is 2.35. The Bertz CT molecular complexity index is 333. The molecule has 0 amide bonds. The lowest BCUT2D eigenvalue weighted by atomic mass is 10.1. The molecule has 6 heteroatoms. The molecule has 6 nitrogen and oxygen atoms in total. The summed E-state index contributed by atoms with van der Waals surface area (Å²) in [6, 6.07) is -1.14. The minimum absolute atomic E-state index is 0.271. The van der Waals surface area contributed by atoms with Gasteiger partial charge in [0, 0.05) is 13.1 Å². The van der Waals surface area contributed by atoms with Crippen LogP contribution in [0.3, 0.4) is 0 Å². The number of ether oxygens (including phenoxy) is 2. The molecule has 0 aromatic carbocycles. The van der Waals surface area contributed by atoms with Gasteiger partial charge in [-0.15, -0.1) is 0 Å². The molecule has 15 heavy (non-hydrogen) atoms. The van der Waals surface area contributed by atoms with Crippen LogP contribution in [0, 0.1) is 0 Å². The van der Waals surface area contributed by atoms with Crippen molar-refractivity contribution in [2.45, 2.75) is 19.1 Å². The van der Waals surface area contributed by atoms with Gasteiger partial charge in [-0.3, -0.25) is 9.79 Å². The Morgan fingerprint density at radius 2 is 2.20 bits per heavy atom. The minimum atomic E-state index is -1.17. The number of carbonyl (C=O) groups is 2.